The van der Waals surface area contributed by atoms with Crippen LogP contribution >= 0.6 is 0 Å². The van der Waals surface area contributed by atoms with Crippen molar-refractivity contribution in [1.29, 1.82) is 0 Å². The number of fused-ring (bicyclic) bond motifs is 2. The fourth-order valence-electron chi connectivity index (χ4n) is 4.56. The van der Waals surface area contributed by atoms with Crippen LogP contribution in [0.4, 0.5) is 5.69 Å². The van der Waals surface area contributed by atoms with Gasteiger partial charge < -0.3 is 14.9 Å². The van der Waals surface area contributed by atoms with Crippen LogP contribution in [0, 0.1) is 12.8 Å². The van der Waals surface area contributed by atoms with Gasteiger partial charge in [-0.15, -0.1) is 0 Å². The molecule has 6 aromatic rings. The van der Waals surface area contributed by atoms with Gasteiger partial charge in [0, 0.05) is 23.9 Å². The molecule has 0 unspecified atom stereocenters. The van der Waals surface area contributed by atoms with Gasteiger partial charge in [-0.25, -0.2) is 15.0 Å². The Morgan fingerprint density at radius 2 is 1.95 bits per heavy atom. The number of pyridine rings is 3. The van der Waals surface area contributed by atoms with Crippen LogP contribution in [-0.2, 0) is 4.79 Å². The number of aromatic amines is 2. The number of aromatic nitrogens is 9. The molecule has 0 aromatic carbocycles. The van der Waals surface area contributed by atoms with Gasteiger partial charge in [0.15, 0.2) is 11.5 Å². The first kappa shape index (κ1) is 21.4. The molecule has 0 spiro atoms. The van der Waals surface area contributed by atoms with Crippen LogP contribution in [0.3, 0.4) is 0 Å². The van der Waals surface area contributed by atoms with Crippen molar-refractivity contribution in [3.8, 4) is 28.5 Å². The molecule has 1 aliphatic rings. The van der Waals surface area contributed by atoms with Crippen LogP contribution in [-0.4, -0.2) is 50.6 Å². The summed E-state index contributed by atoms with van der Waals surface area (Å²) in [5.41, 5.74) is 7.50. The Labute approximate surface area is 210 Å². The number of nitrogens with one attached hydrogen (secondary N) is 3. The van der Waals surface area contributed by atoms with Gasteiger partial charge in [0.25, 0.3) is 0 Å². The van der Waals surface area contributed by atoms with E-state index in [0.29, 0.717) is 22.7 Å². The normalized spacial score (nSPS) is 13.8. The minimum atomic E-state index is 0.0512. The number of hydrogen-bond donors (Lipinski definition) is 3. The smallest absolute Gasteiger partial charge is 0.227 e. The number of H-pyrrole nitrogens is 2. The Hall–Kier alpha value is -4.93. The van der Waals surface area contributed by atoms with Crippen LogP contribution in [0.1, 0.15) is 25.0 Å². The molecular weight excluding hydrogens is 468 g/mol. The van der Waals surface area contributed by atoms with E-state index in [1.54, 1.807) is 31.1 Å². The number of rotatable bonds is 5. The quantitative estimate of drug-likeness (QED) is 0.329. The second-order valence-corrected chi connectivity index (χ2v) is 9.31. The van der Waals surface area contributed by atoms with Crippen LogP contribution in [0.2, 0.25) is 0 Å². The number of nitrogens with zero attached hydrogens (tertiary/aromatic N) is 7. The highest BCUT2D eigenvalue weighted by molar-refractivity contribution is 5.94. The van der Waals surface area contributed by atoms with Crippen molar-refractivity contribution in [3.05, 3.63) is 61.2 Å². The van der Waals surface area contributed by atoms with Crippen LogP contribution in [0.15, 0.2) is 55.5 Å². The van der Waals surface area contributed by atoms with E-state index in [1.807, 2.05) is 35.9 Å². The predicted molar refractivity (Wildman–Crippen MR) is 138 cm³/mol. The topological polar surface area (TPSA) is 143 Å². The number of anilines is 1. The molecule has 1 aliphatic carbocycles. The molecule has 0 radical (unpaired) electrons. The monoisotopic (exact) mass is 490 g/mol. The Morgan fingerprint density at radius 3 is 2.76 bits per heavy atom. The zero-order valence-electron chi connectivity index (χ0n) is 19.9. The minimum absolute atomic E-state index is 0.0512. The van der Waals surface area contributed by atoms with Gasteiger partial charge in [-0.2, -0.15) is 5.10 Å². The Balaban J connectivity index is 1.26. The summed E-state index contributed by atoms with van der Waals surface area (Å²) in [6, 6.07) is 5.72. The molecule has 1 fully saturated rings. The maximum Gasteiger partial charge on any atom is 0.227 e. The Kier molecular flexibility index (Phi) is 4.81. The summed E-state index contributed by atoms with van der Waals surface area (Å²) in [5.74, 6) is 0.732. The average molecular weight is 491 g/mol. The second-order valence-electron chi connectivity index (χ2n) is 9.31. The van der Waals surface area contributed by atoms with Gasteiger partial charge in [0.05, 0.1) is 58.7 Å². The Morgan fingerprint density at radius 1 is 1.05 bits per heavy atom. The summed E-state index contributed by atoms with van der Waals surface area (Å²) < 4.78 is 1.90. The van der Waals surface area contributed by atoms with Crippen molar-refractivity contribution in [2.75, 3.05) is 5.32 Å². The van der Waals surface area contributed by atoms with Crippen LogP contribution < -0.4 is 5.32 Å². The number of hydrogen-bond acceptors (Lipinski definition) is 7. The van der Waals surface area contributed by atoms with E-state index in [9.17, 15) is 4.79 Å². The van der Waals surface area contributed by atoms with Gasteiger partial charge in [-0.05, 0) is 38.0 Å². The fourth-order valence-corrected chi connectivity index (χ4v) is 4.56. The number of amides is 1. The van der Waals surface area contributed by atoms with Crippen molar-refractivity contribution in [3.63, 3.8) is 0 Å². The summed E-state index contributed by atoms with van der Waals surface area (Å²) in [7, 11) is 0. The molecule has 1 amide bonds. The van der Waals surface area contributed by atoms with Gasteiger partial charge in [-0.3, -0.25) is 19.9 Å². The van der Waals surface area contributed by atoms with Crippen molar-refractivity contribution in [2.45, 2.75) is 26.2 Å². The number of carbonyl (C=O) groups is 1. The van der Waals surface area contributed by atoms with E-state index >= 15 is 0 Å². The lowest BCUT2D eigenvalue weighted by molar-refractivity contribution is -0.122. The standard InChI is InChI=1S/C26H22N10O/c1-14-12-36(13-29-14)21-11-28-10-20-22(21)33-25(32-20)24-23-19(34-35-24)6-5-18(31-23)16-7-17(9-27-8-16)30-26(37)15-3-2-4-15/h5-13,15H,2-4H2,1H3,(H,30,37)(H,32,33)(H,34,35). The molecule has 11 heteroatoms. The zero-order valence-corrected chi connectivity index (χ0v) is 19.9. The maximum atomic E-state index is 12.4. The van der Waals surface area contributed by atoms with Gasteiger partial charge in [0.1, 0.15) is 11.0 Å². The van der Waals surface area contributed by atoms with E-state index in [4.69, 9.17) is 9.97 Å². The molecule has 0 aliphatic heterocycles. The van der Waals surface area contributed by atoms with Crippen LogP contribution in [0.25, 0.3) is 50.5 Å². The summed E-state index contributed by atoms with van der Waals surface area (Å²) in [5, 5.41) is 10.5. The highest BCUT2D eigenvalue weighted by atomic mass is 16.1. The fraction of sp³-hybridized carbons (Fsp3) is 0.192. The summed E-state index contributed by atoms with van der Waals surface area (Å²) >= 11 is 0. The number of imidazole rings is 2. The molecule has 0 saturated heterocycles. The van der Waals surface area contributed by atoms with E-state index < -0.39 is 0 Å². The zero-order chi connectivity index (χ0) is 24.9. The highest BCUT2D eigenvalue weighted by Crippen LogP contribution is 2.30. The molecule has 1 saturated carbocycles. The molecule has 6 heterocycles. The van der Waals surface area contributed by atoms with E-state index in [2.05, 4.69) is 35.5 Å². The van der Waals surface area contributed by atoms with Crippen molar-refractivity contribution < 1.29 is 4.79 Å². The van der Waals surface area contributed by atoms with E-state index in [-0.39, 0.29) is 11.8 Å². The van der Waals surface area contributed by atoms with E-state index in [1.165, 1.54) is 0 Å². The van der Waals surface area contributed by atoms with Crippen molar-refractivity contribution in [1.82, 2.24) is 44.7 Å². The molecule has 37 heavy (non-hydrogen) atoms. The Bertz CT molecular complexity index is 1790. The van der Waals surface area contributed by atoms with Crippen molar-refractivity contribution in [2.24, 2.45) is 5.92 Å². The molecule has 11 nitrogen and oxygen atoms in total. The largest absolute Gasteiger partial charge is 0.335 e. The third-order valence-corrected chi connectivity index (χ3v) is 6.77. The molecule has 3 N–H and O–H groups in total. The van der Waals surface area contributed by atoms with Gasteiger partial charge >= 0.3 is 0 Å². The second kappa shape index (κ2) is 8.33. The first-order valence-corrected chi connectivity index (χ1v) is 12.1. The lowest BCUT2D eigenvalue weighted by Gasteiger charge is -2.24. The highest BCUT2D eigenvalue weighted by Gasteiger charge is 2.25. The molecule has 7 rings (SSSR count). The van der Waals surface area contributed by atoms with Gasteiger partial charge in [0.2, 0.25) is 5.91 Å². The molecule has 0 bridgehead atoms. The number of carbonyl (C=O) groups excluding carboxylic acids is 1. The molecular formula is C26H22N10O. The molecule has 182 valence electrons. The minimum Gasteiger partial charge on any atom is -0.335 e. The van der Waals surface area contributed by atoms with Crippen LogP contribution in [0.5, 0.6) is 0 Å². The molecule has 6 aromatic heterocycles. The lowest BCUT2D eigenvalue weighted by Crippen LogP contribution is -2.28. The third-order valence-electron chi connectivity index (χ3n) is 6.77. The summed E-state index contributed by atoms with van der Waals surface area (Å²) in [6.45, 7) is 1.94. The first-order valence-electron chi connectivity index (χ1n) is 12.1. The lowest BCUT2D eigenvalue weighted by atomic mass is 9.85. The van der Waals surface area contributed by atoms with E-state index in [0.717, 1.165) is 58.5 Å². The van der Waals surface area contributed by atoms with Gasteiger partial charge in [-0.1, -0.05) is 6.42 Å². The first-order chi connectivity index (χ1) is 18.1. The molecule has 0 atom stereocenters. The van der Waals surface area contributed by atoms with Crippen molar-refractivity contribution >= 4 is 33.7 Å². The SMILES string of the molecule is Cc1cn(-c2cncc3[nH]c(-c4n[nH]c5ccc(-c6cncc(NC(=O)C7CCC7)c6)nc45)nc23)cn1. The predicted octanol–water partition coefficient (Wildman–Crippen LogP) is 4.19. The third kappa shape index (κ3) is 3.71. The summed E-state index contributed by atoms with van der Waals surface area (Å²) in [6.07, 6.45) is 13.6. The maximum absolute atomic E-state index is 12.4. The summed E-state index contributed by atoms with van der Waals surface area (Å²) in [4.78, 5) is 38.4. The average Bonchev–Trinajstić information content (AvgIpc) is 3.60. The number of aryl methyl sites for hydroxylation is 1.